The molecule has 1 aromatic carbocycles. The first-order valence-electron chi connectivity index (χ1n) is 3.39. The molecule has 0 aliphatic rings. The van der Waals surface area contributed by atoms with Gasteiger partial charge in [-0.2, -0.15) is 0 Å². The number of nitro benzene ring substituents is 1. The molecular weight excluding hydrogens is 238 g/mol. The van der Waals surface area contributed by atoms with E-state index in [4.69, 9.17) is 0 Å². The molecule has 0 aliphatic carbocycles. The average molecular weight is 244 g/mol. The summed E-state index contributed by atoms with van der Waals surface area (Å²) in [6.45, 7) is 0. The Morgan fingerprint density at radius 2 is 2.23 bits per heavy atom. The monoisotopic (exact) mass is 243 g/mol. The van der Waals surface area contributed by atoms with Crippen molar-refractivity contribution in [3.05, 3.63) is 38.9 Å². The van der Waals surface area contributed by atoms with E-state index < -0.39 is 4.92 Å². The maximum Gasteiger partial charge on any atom is 0.310 e. The predicted octanol–water partition coefficient (Wildman–Crippen LogP) is 2.67. The van der Waals surface area contributed by atoms with Crippen LogP contribution in [-0.2, 0) is 0 Å². The van der Waals surface area contributed by atoms with Gasteiger partial charge in [0.1, 0.15) is 0 Å². The quantitative estimate of drug-likeness (QED) is 0.642. The molecule has 1 rings (SSSR count). The molecule has 0 aromatic heterocycles. The predicted molar refractivity (Wildman–Crippen MR) is 52.7 cm³/mol. The molecule has 0 unspecified atom stereocenters. The third kappa shape index (κ3) is 2.29. The lowest BCUT2D eigenvalue weighted by atomic mass is 10.2. The summed E-state index contributed by atoms with van der Waals surface area (Å²) in [6, 6.07) is 4.14. The van der Waals surface area contributed by atoms with Gasteiger partial charge in [-0.3, -0.25) is 10.1 Å². The number of rotatable bonds is 2. The Bertz CT molecular complexity index is 362. The third-order valence-corrected chi connectivity index (χ3v) is 1.72. The van der Waals surface area contributed by atoms with Crippen LogP contribution in [0.5, 0.6) is 5.75 Å². The smallest absolute Gasteiger partial charge is 0.310 e. The van der Waals surface area contributed by atoms with Gasteiger partial charge in [-0.15, -0.1) is 0 Å². The van der Waals surface area contributed by atoms with Crippen molar-refractivity contribution in [2.24, 2.45) is 0 Å². The normalized spacial score (nSPS) is 10.5. The molecule has 13 heavy (non-hydrogen) atoms. The molecule has 4 nitrogen and oxygen atoms in total. The fourth-order valence-electron chi connectivity index (χ4n) is 0.871. The van der Waals surface area contributed by atoms with Gasteiger partial charge >= 0.3 is 5.69 Å². The Morgan fingerprint density at radius 1 is 1.54 bits per heavy atom. The number of hydrogen-bond acceptors (Lipinski definition) is 3. The van der Waals surface area contributed by atoms with E-state index in [9.17, 15) is 15.2 Å². The van der Waals surface area contributed by atoms with E-state index in [0.717, 1.165) is 0 Å². The van der Waals surface area contributed by atoms with E-state index in [1.165, 1.54) is 12.1 Å². The first-order valence-corrected chi connectivity index (χ1v) is 4.31. The van der Waals surface area contributed by atoms with Crippen LogP contribution >= 0.6 is 15.9 Å². The van der Waals surface area contributed by atoms with Gasteiger partial charge < -0.3 is 5.11 Å². The number of phenolic OH excluding ortho intramolecular Hbond substituents is 1. The molecule has 0 fully saturated rings. The highest BCUT2D eigenvalue weighted by Gasteiger charge is 2.11. The summed E-state index contributed by atoms with van der Waals surface area (Å²) < 4.78 is 0. The van der Waals surface area contributed by atoms with Gasteiger partial charge in [0.25, 0.3) is 0 Å². The molecule has 0 amide bonds. The van der Waals surface area contributed by atoms with Gasteiger partial charge in [-0.25, -0.2) is 0 Å². The molecule has 0 heterocycles. The van der Waals surface area contributed by atoms with E-state index in [1.807, 2.05) is 0 Å². The summed E-state index contributed by atoms with van der Waals surface area (Å²) in [5.74, 6) is -0.326. The first kappa shape index (κ1) is 9.73. The van der Waals surface area contributed by atoms with Crippen LogP contribution in [0.1, 0.15) is 5.56 Å². The molecule has 0 radical (unpaired) electrons. The average Bonchev–Trinajstić information content (AvgIpc) is 2.04. The lowest BCUT2D eigenvalue weighted by Crippen LogP contribution is -1.88. The van der Waals surface area contributed by atoms with Gasteiger partial charge in [0.2, 0.25) is 0 Å². The SMILES string of the molecule is O=[N+]([O-])c1ccc(/C=C/Br)cc1O. The molecule has 0 saturated carbocycles. The van der Waals surface area contributed by atoms with Crippen LogP contribution in [0, 0.1) is 10.1 Å². The minimum atomic E-state index is -0.628. The molecule has 1 aromatic rings. The maximum atomic E-state index is 10.3. The van der Waals surface area contributed by atoms with Gasteiger partial charge in [0.05, 0.1) is 4.92 Å². The second kappa shape index (κ2) is 4.04. The summed E-state index contributed by atoms with van der Waals surface area (Å²) in [4.78, 5) is 11.3. The molecule has 0 saturated heterocycles. The number of benzene rings is 1. The first-order chi connectivity index (χ1) is 6.15. The topological polar surface area (TPSA) is 63.4 Å². The van der Waals surface area contributed by atoms with Crippen molar-refractivity contribution in [1.29, 1.82) is 0 Å². The Hall–Kier alpha value is -1.36. The van der Waals surface area contributed by atoms with Gasteiger partial charge in [0.15, 0.2) is 5.75 Å². The maximum absolute atomic E-state index is 10.3. The second-order valence-corrected chi connectivity index (χ2v) is 2.83. The van der Waals surface area contributed by atoms with E-state index in [0.29, 0.717) is 5.56 Å². The summed E-state index contributed by atoms with van der Waals surface area (Å²) in [5.41, 5.74) is 0.409. The highest BCUT2D eigenvalue weighted by Crippen LogP contribution is 2.26. The van der Waals surface area contributed by atoms with Crippen molar-refractivity contribution in [1.82, 2.24) is 0 Å². The van der Waals surface area contributed by atoms with E-state index in [2.05, 4.69) is 15.9 Å². The number of hydrogen-bond donors (Lipinski definition) is 1. The van der Waals surface area contributed by atoms with Gasteiger partial charge in [0, 0.05) is 6.07 Å². The van der Waals surface area contributed by atoms with Crippen molar-refractivity contribution in [3.8, 4) is 5.75 Å². The van der Waals surface area contributed by atoms with Crippen LogP contribution in [-0.4, -0.2) is 10.0 Å². The zero-order chi connectivity index (χ0) is 9.84. The van der Waals surface area contributed by atoms with Crippen LogP contribution in [0.25, 0.3) is 6.08 Å². The standard InChI is InChI=1S/C8H6BrNO3/c9-4-3-6-1-2-7(10(12)13)8(11)5-6/h1-5,11H/b4-3+. The summed E-state index contributed by atoms with van der Waals surface area (Å²) in [5, 5.41) is 19.5. The number of phenols is 1. The summed E-state index contributed by atoms with van der Waals surface area (Å²) in [6.07, 6.45) is 1.67. The lowest BCUT2D eigenvalue weighted by molar-refractivity contribution is -0.385. The highest BCUT2D eigenvalue weighted by molar-refractivity contribution is 9.11. The van der Waals surface area contributed by atoms with Crippen molar-refractivity contribution in [2.45, 2.75) is 0 Å². The van der Waals surface area contributed by atoms with Crippen LogP contribution in [0.4, 0.5) is 5.69 Å². The molecule has 0 atom stereocenters. The zero-order valence-electron chi connectivity index (χ0n) is 6.48. The molecule has 0 bridgehead atoms. The van der Waals surface area contributed by atoms with E-state index >= 15 is 0 Å². The largest absolute Gasteiger partial charge is 0.502 e. The fourth-order valence-corrected chi connectivity index (χ4v) is 1.18. The van der Waals surface area contributed by atoms with Crippen molar-refractivity contribution >= 4 is 27.7 Å². The molecule has 0 spiro atoms. The Labute approximate surface area is 82.8 Å². The van der Waals surface area contributed by atoms with Crippen LogP contribution in [0.15, 0.2) is 23.2 Å². The lowest BCUT2D eigenvalue weighted by Gasteiger charge is -1.96. The zero-order valence-corrected chi connectivity index (χ0v) is 8.06. The summed E-state index contributed by atoms with van der Waals surface area (Å²) in [7, 11) is 0. The second-order valence-electron chi connectivity index (χ2n) is 2.30. The Kier molecular flexibility index (Phi) is 3.02. The number of aromatic hydroxyl groups is 1. The Morgan fingerprint density at radius 3 is 2.69 bits per heavy atom. The minimum Gasteiger partial charge on any atom is -0.502 e. The molecule has 0 aliphatic heterocycles. The highest BCUT2D eigenvalue weighted by atomic mass is 79.9. The van der Waals surface area contributed by atoms with Crippen molar-refractivity contribution < 1.29 is 10.0 Å². The third-order valence-electron chi connectivity index (χ3n) is 1.45. The molecular formula is C8H6BrNO3. The summed E-state index contributed by atoms with van der Waals surface area (Å²) >= 11 is 3.06. The van der Waals surface area contributed by atoms with Crippen LogP contribution in [0.3, 0.4) is 0 Å². The van der Waals surface area contributed by atoms with E-state index in [1.54, 1.807) is 17.1 Å². The van der Waals surface area contributed by atoms with Crippen LogP contribution in [0.2, 0.25) is 0 Å². The number of nitrogens with zero attached hydrogens (tertiary/aromatic N) is 1. The fraction of sp³-hybridized carbons (Fsp3) is 0. The van der Waals surface area contributed by atoms with Crippen LogP contribution < -0.4 is 0 Å². The van der Waals surface area contributed by atoms with Crippen molar-refractivity contribution in [3.63, 3.8) is 0 Å². The molecule has 1 N–H and O–H groups in total. The minimum absolute atomic E-state index is 0.285. The van der Waals surface area contributed by atoms with E-state index in [-0.39, 0.29) is 11.4 Å². The number of halogens is 1. The molecule has 68 valence electrons. The number of nitro groups is 1. The van der Waals surface area contributed by atoms with Gasteiger partial charge in [-0.05, 0) is 28.8 Å². The molecule has 5 heteroatoms. The van der Waals surface area contributed by atoms with Crippen molar-refractivity contribution in [2.75, 3.05) is 0 Å². The van der Waals surface area contributed by atoms with Gasteiger partial charge in [-0.1, -0.05) is 15.9 Å². The Balaban J connectivity index is 3.12.